The summed E-state index contributed by atoms with van der Waals surface area (Å²) in [5, 5.41) is 10.2. The van der Waals surface area contributed by atoms with Gasteiger partial charge in [0.25, 0.3) is 0 Å². The fraction of sp³-hybridized carbons (Fsp3) is 0.125. The van der Waals surface area contributed by atoms with Gasteiger partial charge in [-0.15, -0.1) is 0 Å². The van der Waals surface area contributed by atoms with Gasteiger partial charge in [-0.1, -0.05) is 17.7 Å². The molecule has 64 valence electrons. The van der Waals surface area contributed by atoms with Crippen molar-refractivity contribution < 1.29 is 14.3 Å². The minimum absolute atomic E-state index is 0.0285. The number of carboxylic acids is 1. The first-order valence-corrected chi connectivity index (χ1v) is 3.62. The summed E-state index contributed by atoms with van der Waals surface area (Å²) in [6, 6.07) is 4.00. The van der Waals surface area contributed by atoms with Crippen LogP contribution in [0.1, 0.15) is 5.56 Å². The first kappa shape index (κ1) is 9.00. The molecule has 0 saturated heterocycles. The molecule has 0 amide bonds. The maximum Gasteiger partial charge on any atom is 0.128 e. The number of carboxylic acid groups (broad SMARTS) is 1. The highest BCUT2D eigenvalue weighted by molar-refractivity contribution is 6.31. The van der Waals surface area contributed by atoms with Gasteiger partial charge in [-0.05, 0) is 12.1 Å². The molecule has 1 aromatic carbocycles. The lowest BCUT2D eigenvalue weighted by atomic mass is 10.1. The second kappa shape index (κ2) is 3.54. The van der Waals surface area contributed by atoms with E-state index in [4.69, 9.17) is 11.6 Å². The van der Waals surface area contributed by atoms with E-state index < -0.39 is 18.2 Å². The standard InChI is InChI=1S/C8H6ClFO2/c9-6-2-1-3-7(10)5(6)4-8(11)12/h1-3H,4H2,(H,11,12)/p-1. The monoisotopic (exact) mass is 187 g/mol. The average molecular weight is 188 g/mol. The van der Waals surface area contributed by atoms with E-state index in [9.17, 15) is 14.3 Å². The van der Waals surface area contributed by atoms with Gasteiger partial charge in [-0.25, -0.2) is 4.39 Å². The zero-order valence-electron chi connectivity index (χ0n) is 6.01. The van der Waals surface area contributed by atoms with Crippen molar-refractivity contribution in [2.75, 3.05) is 0 Å². The molecule has 12 heavy (non-hydrogen) atoms. The van der Waals surface area contributed by atoms with Crippen LogP contribution < -0.4 is 5.11 Å². The van der Waals surface area contributed by atoms with Crippen LogP contribution in [0.4, 0.5) is 4.39 Å². The van der Waals surface area contributed by atoms with Gasteiger partial charge in [0.2, 0.25) is 0 Å². The van der Waals surface area contributed by atoms with E-state index >= 15 is 0 Å². The van der Waals surface area contributed by atoms with Crippen molar-refractivity contribution in [2.45, 2.75) is 6.42 Å². The van der Waals surface area contributed by atoms with E-state index in [2.05, 4.69) is 0 Å². The molecule has 2 nitrogen and oxygen atoms in total. The van der Waals surface area contributed by atoms with Crippen molar-refractivity contribution in [3.63, 3.8) is 0 Å². The van der Waals surface area contributed by atoms with Crippen molar-refractivity contribution in [2.24, 2.45) is 0 Å². The third-order valence-corrected chi connectivity index (χ3v) is 1.74. The summed E-state index contributed by atoms with van der Waals surface area (Å²) in [6.07, 6.45) is -0.495. The summed E-state index contributed by atoms with van der Waals surface area (Å²) in [5.74, 6) is -1.96. The molecule has 1 aromatic rings. The van der Waals surface area contributed by atoms with E-state index in [0.717, 1.165) is 6.07 Å². The first-order valence-electron chi connectivity index (χ1n) is 3.24. The Kier molecular flexibility index (Phi) is 2.65. The Hall–Kier alpha value is -1.09. The molecule has 0 heterocycles. The molecule has 0 radical (unpaired) electrons. The average Bonchev–Trinajstić information content (AvgIpc) is 1.97. The summed E-state index contributed by atoms with van der Waals surface area (Å²) in [4.78, 5) is 10.1. The molecule has 0 unspecified atom stereocenters. The van der Waals surface area contributed by atoms with Gasteiger partial charge in [0, 0.05) is 23.0 Å². The molecular weight excluding hydrogens is 183 g/mol. The van der Waals surface area contributed by atoms with Crippen LogP contribution in [0.15, 0.2) is 18.2 Å². The van der Waals surface area contributed by atoms with E-state index in [1.165, 1.54) is 12.1 Å². The first-order chi connectivity index (χ1) is 5.61. The van der Waals surface area contributed by atoms with Gasteiger partial charge in [0.1, 0.15) is 5.82 Å². The van der Waals surface area contributed by atoms with Crippen LogP contribution in [-0.4, -0.2) is 5.97 Å². The zero-order chi connectivity index (χ0) is 9.14. The minimum Gasteiger partial charge on any atom is -0.550 e. The number of hydrogen-bond donors (Lipinski definition) is 0. The van der Waals surface area contributed by atoms with Crippen molar-refractivity contribution >= 4 is 17.6 Å². The number of hydrogen-bond acceptors (Lipinski definition) is 2. The summed E-state index contributed by atoms with van der Waals surface area (Å²) >= 11 is 5.54. The lowest BCUT2D eigenvalue weighted by molar-refractivity contribution is -0.304. The number of rotatable bonds is 2. The second-order valence-electron chi connectivity index (χ2n) is 2.25. The number of benzene rings is 1. The lowest BCUT2D eigenvalue weighted by Gasteiger charge is -2.05. The van der Waals surface area contributed by atoms with Crippen LogP contribution in [0, 0.1) is 5.82 Å². The van der Waals surface area contributed by atoms with E-state index in [1.54, 1.807) is 0 Å². The van der Waals surface area contributed by atoms with Crippen LogP contribution >= 0.6 is 11.6 Å². The Bertz CT molecular complexity index is 292. The van der Waals surface area contributed by atoms with Crippen molar-refractivity contribution in [3.8, 4) is 0 Å². The molecule has 0 saturated carbocycles. The Morgan fingerprint density at radius 2 is 2.25 bits per heavy atom. The number of aliphatic carboxylic acids is 1. The molecular formula is C8H5ClFO2-. The van der Waals surface area contributed by atoms with Crippen LogP contribution in [0.2, 0.25) is 5.02 Å². The predicted molar refractivity (Wildman–Crippen MR) is 40.1 cm³/mol. The molecule has 0 aliphatic heterocycles. The van der Waals surface area contributed by atoms with Crippen LogP contribution in [0.5, 0.6) is 0 Å². The second-order valence-corrected chi connectivity index (χ2v) is 2.66. The van der Waals surface area contributed by atoms with Crippen molar-refractivity contribution in [1.29, 1.82) is 0 Å². The molecule has 0 aromatic heterocycles. The predicted octanol–water partition coefficient (Wildman–Crippen LogP) is 0.771. The maximum absolute atomic E-state index is 12.8. The van der Waals surface area contributed by atoms with Gasteiger partial charge in [-0.2, -0.15) is 0 Å². The molecule has 0 bridgehead atoms. The fourth-order valence-electron chi connectivity index (χ4n) is 0.846. The van der Waals surface area contributed by atoms with Gasteiger partial charge in [0.05, 0.1) is 0 Å². The molecule has 0 aliphatic carbocycles. The Morgan fingerprint density at radius 3 is 2.75 bits per heavy atom. The number of halogens is 2. The normalized spacial score (nSPS) is 9.83. The molecule has 4 heteroatoms. The third kappa shape index (κ3) is 1.95. The number of carbonyl (C=O) groups is 1. The molecule has 1 rings (SSSR count). The van der Waals surface area contributed by atoms with Crippen LogP contribution in [-0.2, 0) is 11.2 Å². The molecule has 0 atom stereocenters. The number of carbonyl (C=O) groups excluding carboxylic acids is 1. The topological polar surface area (TPSA) is 40.1 Å². The lowest BCUT2D eigenvalue weighted by Crippen LogP contribution is -2.25. The van der Waals surface area contributed by atoms with Gasteiger partial charge in [0.15, 0.2) is 0 Å². The third-order valence-electron chi connectivity index (χ3n) is 1.38. The highest BCUT2D eigenvalue weighted by Gasteiger charge is 2.05. The van der Waals surface area contributed by atoms with E-state index in [1.807, 2.05) is 0 Å². The molecule has 0 spiro atoms. The summed E-state index contributed by atoms with van der Waals surface area (Å²) < 4.78 is 12.8. The van der Waals surface area contributed by atoms with E-state index in [-0.39, 0.29) is 10.6 Å². The van der Waals surface area contributed by atoms with Crippen molar-refractivity contribution in [3.05, 3.63) is 34.6 Å². The summed E-state index contributed by atoms with van der Waals surface area (Å²) in [6.45, 7) is 0. The Balaban J connectivity index is 3.04. The Morgan fingerprint density at radius 1 is 1.58 bits per heavy atom. The largest absolute Gasteiger partial charge is 0.550 e. The van der Waals surface area contributed by atoms with Crippen LogP contribution in [0.25, 0.3) is 0 Å². The van der Waals surface area contributed by atoms with Gasteiger partial charge in [-0.3, -0.25) is 0 Å². The Labute approximate surface area is 73.6 Å². The maximum atomic E-state index is 12.8. The quantitative estimate of drug-likeness (QED) is 0.686. The zero-order valence-corrected chi connectivity index (χ0v) is 6.77. The van der Waals surface area contributed by atoms with Crippen LogP contribution in [0.3, 0.4) is 0 Å². The smallest absolute Gasteiger partial charge is 0.128 e. The highest BCUT2D eigenvalue weighted by atomic mass is 35.5. The SMILES string of the molecule is O=C([O-])Cc1c(F)cccc1Cl. The van der Waals surface area contributed by atoms with Crippen molar-refractivity contribution in [1.82, 2.24) is 0 Å². The summed E-state index contributed by atoms with van der Waals surface area (Å²) in [5.41, 5.74) is -0.0285. The molecule has 0 aliphatic rings. The van der Waals surface area contributed by atoms with E-state index in [0.29, 0.717) is 0 Å². The molecule has 0 fully saturated rings. The molecule has 0 N–H and O–H groups in total. The minimum atomic E-state index is -1.35. The van der Waals surface area contributed by atoms with Gasteiger partial charge < -0.3 is 9.90 Å². The highest BCUT2D eigenvalue weighted by Crippen LogP contribution is 2.18. The van der Waals surface area contributed by atoms with Gasteiger partial charge >= 0.3 is 0 Å². The summed E-state index contributed by atoms with van der Waals surface area (Å²) in [7, 11) is 0. The fourth-order valence-corrected chi connectivity index (χ4v) is 1.08.